The molecule has 0 aliphatic heterocycles. The van der Waals surface area contributed by atoms with Gasteiger partial charge in [-0.05, 0) is 48.8 Å². The Labute approximate surface area is 147 Å². The first-order chi connectivity index (χ1) is 11.7. The predicted molar refractivity (Wildman–Crippen MR) is 95.3 cm³/mol. The number of hydrogen-bond donors (Lipinski definition) is 2. The topological polar surface area (TPSA) is 93.8 Å². The van der Waals surface area contributed by atoms with Gasteiger partial charge in [-0.2, -0.15) is 5.10 Å². The first-order valence-corrected chi connectivity index (χ1v) is 8.62. The summed E-state index contributed by atoms with van der Waals surface area (Å²) in [5.41, 5.74) is 9.55. The van der Waals surface area contributed by atoms with Crippen molar-refractivity contribution in [3.05, 3.63) is 29.8 Å². The Morgan fingerprint density at radius 1 is 1.36 bits per heavy atom. The first-order valence-electron chi connectivity index (χ1n) is 8.62. The summed E-state index contributed by atoms with van der Waals surface area (Å²) in [4.78, 5) is 23.2. The molecule has 2 aliphatic rings. The van der Waals surface area contributed by atoms with Crippen molar-refractivity contribution in [2.24, 2.45) is 27.6 Å². The van der Waals surface area contributed by atoms with Crippen LogP contribution in [0.25, 0.3) is 0 Å². The summed E-state index contributed by atoms with van der Waals surface area (Å²) in [5.74, 6) is 0.211. The number of carbonyl (C=O) groups excluding carboxylic acids is 2. The van der Waals surface area contributed by atoms with Crippen LogP contribution in [-0.4, -0.2) is 24.1 Å². The second-order valence-electron chi connectivity index (χ2n) is 7.77. The highest BCUT2D eigenvalue weighted by molar-refractivity contribution is 5.95. The van der Waals surface area contributed by atoms with Gasteiger partial charge in [0.15, 0.2) is 6.61 Å². The highest BCUT2D eigenvalue weighted by Gasteiger charge is 2.59. The van der Waals surface area contributed by atoms with E-state index in [1.54, 1.807) is 18.2 Å². The number of primary amides is 1. The van der Waals surface area contributed by atoms with Gasteiger partial charge in [-0.3, -0.25) is 9.59 Å². The molecule has 2 fully saturated rings. The molecule has 0 saturated heterocycles. The van der Waals surface area contributed by atoms with Crippen LogP contribution in [-0.2, 0) is 4.79 Å². The van der Waals surface area contributed by atoms with E-state index in [1.807, 2.05) is 0 Å². The molecule has 1 aromatic rings. The average Bonchev–Trinajstić information content (AvgIpc) is 2.91. The number of nitrogens with zero attached hydrogens (tertiary/aromatic N) is 1. The van der Waals surface area contributed by atoms with Crippen molar-refractivity contribution < 1.29 is 14.3 Å². The smallest absolute Gasteiger partial charge is 0.277 e. The number of fused-ring (bicyclic) bond motifs is 2. The normalized spacial score (nSPS) is 28.1. The lowest BCUT2D eigenvalue weighted by molar-refractivity contribution is -0.123. The zero-order chi connectivity index (χ0) is 18.2. The summed E-state index contributed by atoms with van der Waals surface area (Å²) in [6.07, 6.45) is 3.30. The number of benzene rings is 1. The summed E-state index contributed by atoms with van der Waals surface area (Å²) in [6, 6.07) is 6.44. The maximum atomic E-state index is 12.0. The molecule has 2 aliphatic carbocycles. The number of carbonyl (C=O) groups is 2. The minimum absolute atomic E-state index is 0.0572. The third kappa shape index (κ3) is 3.01. The lowest BCUT2D eigenvalue weighted by atomic mass is 9.70. The van der Waals surface area contributed by atoms with Crippen molar-refractivity contribution in [2.45, 2.75) is 40.0 Å². The molecular weight excluding hydrogens is 318 g/mol. The zero-order valence-corrected chi connectivity index (χ0v) is 15.0. The summed E-state index contributed by atoms with van der Waals surface area (Å²) >= 11 is 0. The molecule has 2 saturated carbocycles. The van der Waals surface area contributed by atoms with E-state index in [0.717, 1.165) is 18.6 Å². The Bertz CT molecular complexity index is 741. The first kappa shape index (κ1) is 17.5. The van der Waals surface area contributed by atoms with Gasteiger partial charge in [-0.15, -0.1) is 0 Å². The Morgan fingerprint density at radius 2 is 2.12 bits per heavy atom. The molecule has 3 rings (SSSR count). The average molecular weight is 343 g/mol. The van der Waals surface area contributed by atoms with Gasteiger partial charge in [0.1, 0.15) is 5.75 Å². The van der Waals surface area contributed by atoms with E-state index < -0.39 is 5.91 Å². The van der Waals surface area contributed by atoms with Crippen LogP contribution in [0, 0.1) is 16.7 Å². The number of hydrazone groups is 1. The minimum Gasteiger partial charge on any atom is -0.484 e. The van der Waals surface area contributed by atoms with Crippen molar-refractivity contribution in [1.82, 2.24) is 5.43 Å². The van der Waals surface area contributed by atoms with E-state index in [-0.39, 0.29) is 23.3 Å². The van der Waals surface area contributed by atoms with Gasteiger partial charge in [-0.1, -0.05) is 26.8 Å². The SMILES string of the molecule is CC12CCC(C/C1=N\NC(=O)COc1cccc(C(N)=O)c1)C2(C)C. The molecule has 0 spiro atoms. The summed E-state index contributed by atoms with van der Waals surface area (Å²) in [6.45, 7) is 6.67. The maximum absolute atomic E-state index is 12.0. The van der Waals surface area contributed by atoms with Crippen molar-refractivity contribution in [2.75, 3.05) is 6.61 Å². The number of ether oxygens (including phenoxy) is 1. The molecule has 2 amide bonds. The van der Waals surface area contributed by atoms with Gasteiger partial charge in [0, 0.05) is 16.7 Å². The molecule has 134 valence electrons. The van der Waals surface area contributed by atoms with Crippen LogP contribution in [0.3, 0.4) is 0 Å². The van der Waals surface area contributed by atoms with Crippen LogP contribution < -0.4 is 15.9 Å². The van der Waals surface area contributed by atoms with E-state index in [1.165, 1.54) is 12.5 Å². The van der Waals surface area contributed by atoms with Crippen LogP contribution in [0.15, 0.2) is 29.4 Å². The van der Waals surface area contributed by atoms with Gasteiger partial charge in [0.05, 0.1) is 0 Å². The van der Waals surface area contributed by atoms with Crippen LogP contribution in [0.2, 0.25) is 0 Å². The van der Waals surface area contributed by atoms with Crippen LogP contribution >= 0.6 is 0 Å². The van der Waals surface area contributed by atoms with E-state index >= 15 is 0 Å². The molecule has 0 radical (unpaired) electrons. The van der Waals surface area contributed by atoms with E-state index in [4.69, 9.17) is 10.5 Å². The molecule has 6 nitrogen and oxygen atoms in total. The molecule has 0 aromatic heterocycles. The highest BCUT2D eigenvalue weighted by Crippen LogP contribution is 2.63. The lowest BCUT2D eigenvalue weighted by Gasteiger charge is -2.34. The van der Waals surface area contributed by atoms with Gasteiger partial charge in [0.2, 0.25) is 5.91 Å². The predicted octanol–water partition coefficient (Wildman–Crippen LogP) is 2.48. The van der Waals surface area contributed by atoms with Crippen LogP contribution in [0.1, 0.15) is 50.4 Å². The molecule has 2 atom stereocenters. The second kappa shape index (κ2) is 6.17. The van der Waals surface area contributed by atoms with E-state index in [2.05, 4.69) is 31.3 Å². The molecule has 3 N–H and O–H groups in total. The molecule has 1 aromatic carbocycles. The monoisotopic (exact) mass is 343 g/mol. The van der Waals surface area contributed by atoms with Gasteiger partial charge in [0.25, 0.3) is 5.91 Å². The zero-order valence-electron chi connectivity index (χ0n) is 15.0. The van der Waals surface area contributed by atoms with Crippen LogP contribution in [0.5, 0.6) is 5.75 Å². The molecule has 2 bridgehead atoms. The summed E-state index contributed by atoms with van der Waals surface area (Å²) in [7, 11) is 0. The minimum atomic E-state index is -0.534. The fourth-order valence-corrected chi connectivity index (χ4v) is 4.15. The second-order valence-corrected chi connectivity index (χ2v) is 7.77. The third-order valence-electron chi connectivity index (χ3n) is 6.32. The number of nitrogens with one attached hydrogen (secondary N) is 1. The number of rotatable bonds is 5. The number of amides is 2. The molecule has 2 unspecified atom stereocenters. The summed E-state index contributed by atoms with van der Waals surface area (Å²) < 4.78 is 5.41. The highest BCUT2D eigenvalue weighted by atomic mass is 16.5. The van der Waals surface area contributed by atoms with Crippen LogP contribution in [0.4, 0.5) is 0 Å². The Kier molecular flexibility index (Phi) is 4.31. The summed E-state index contributed by atoms with van der Waals surface area (Å²) in [5, 5.41) is 4.39. The van der Waals surface area contributed by atoms with E-state index in [9.17, 15) is 9.59 Å². The fourth-order valence-electron chi connectivity index (χ4n) is 4.15. The third-order valence-corrected chi connectivity index (χ3v) is 6.32. The molecule has 6 heteroatoms. The standard InChI is InChI=1S/C19H25N3O3/c1-18(2)13-7-8-19(18,3)15(10-13)21-22-16(23)11-25-14-6-4-5-12(9-14)17(20)24/h4-6,9,13H,7-8,10-11H2,1-3H3,(H2,20,24)(H,22,23)/b21-15+. The quantitative estimate of drug-likeness (QED) is 0.804. The Balaban J connectivity index is 1.57. The number of nitrogens with two attached hydrogens (primary N) is 1. The maximum Gasteiger partial charge on any atom is 0.277 e. The van der Waals surface area contributed by atoms with Gasteiger partial charge < -0.3 is 10.5 Å². The Morgan fingerprint density at radius 3 is 2.72 bits per heavy atom. The van der Waals surface area contributed by atoms with Gasteiger partial charge in [-0.25, -0.2) is 5.43 Å². The molecule has 0 heterocycles. The van der Waals surface area contributed by atoms with Crippen molar-refractivity contribution >= 4 is 17.5 Å². The number of hydrogen-bond acceptors (Lipinski definition) is 4. The lowest BCUT2D eigenvalue weighted by Crippen LogP contribution is -2.35. The fraction of sp³-hybridized carbons (Fsp3) is 0.526. The van der Waals surface area contributed by atoms with E-state index in [0.29, 0.717) is 17.2 Å². The van der Waals surface area contributed by atoms with Crippen molar-refractivity contribution in [1.29, 1.82) is 0 Å². The van der Waals surface area contributed by atoms with Crippen molar-refractivity contribution in [3.63, 3.8) is 0 Å². The van der Waals surface area contributed by atoms with Gasteiger partial charge >= 0.3 is 0 Å². The largest absolute Gasteiger partial charge is 0.484 e. The van der Waals surface area contributed by atoms with Crippen molar-refractivity contribution in [3.8, 4) is 5.75 Å². The Hall–Kier alpha value is -2.37. The molecular formula is C19H25N3O3. The molecule has 25 heavy (non-hydrogen) atoms.